The second-order valence-corrected chi connectivity index (χ2v) is 3.16. The Bertz CT molecular complexity index is 411. The monoisotopic (exact) mass is 203 g/mol. The van der Waals surface area contributed by atoms with Gasteiger partial charge in [-0.25, -0.2) is 0 Å². The Kier molecular flexibility index (Phi) is 2.97. The van der Waals surface area contributed by atoms with Gasteiger partial charge in [0.2, 0.25) is 11.8 Å². The number of nitrogens with zero attached hydrogens (tertiary/aromatic N) is 2. The van der Waals surface area contributed by atoms with Gasteiger partial charge in [0, 0.05) is 12.1 Å². The van der Waals surface area contributed by atoms with Crippen LogP contribution in [0.3, 0.4) is 0 Å². The van der Waals surface area contributed by atoms with E-state index in [-0.39, 0.29) is 0 Å². The van der Waals surface area contributed by atoms with Gasteiger partial charge in [-0.05, 0) is 12.1 Å². The van der Waals surface area contributed by atoms with Gasteiger partial charge in [0.15, 0.2) is 0 Å². The molecule has 0 amide bonds. The van der Waals surface area contributed by atoms with E-state index in [1.54, 1.807) is 0 Å². The van der Waals surface area contributed by atoms with E-state index in [0.717, 1.165) is 12.1 Å². The summed E-state index contributed by atoms with van der Waals surface area (Å²) in [6.07, 6.45) is 0.776. The van der Waals surface area contributed by atoms with Crippen LogP contribution in [0.25, 0.3) is 0 Å². The average Bonchev–Trinajstić information content (AvgIpc) is 2.76. The molecule has 1 N–H and O–H groups in total. The summed E-state index contributed by atoms with van der Waals surface area (Å²) in [5.74, 6) is 1.30. The summed E-state index contributed by atoms with van der Waals surface area (Å²) in [4.78, 5) is 0. The van der Waals surface area contributed by atoms with E-state index in [4.69, 9.17) is 4.42 Å². The minimum absolute atomic E-state index is 0.566. The van der Waals surface area contributed by atoms with E-state index in [9.17, 15) is 0 Å². The Morgan fingerprint density at radius 3 is 2.53 bits per heavy atom. The molecule has 0 saturated heterocycles. The summed E-state index contributed by atoms with van der Waals surface area (Å²) in [5.41, 5.74) is 1.05. The molecule has 0 bridgehead atoms. The number of para-hydroxylation sites is 1. The van der Waals surface area contributed by atoms with Crippen LogP contribution >= 0.6 is 0 Å². The summed E-state index contributed by atoms with van der Waals surface area (Å²) >= 11 is 0. The van der Waals surface area contributed by atoms with Crippen molar-refractivity contribution in [1.82, 2.24) is 10.2 Å². The Morgan fingerprint density at radius 1 is 1.13 bits per heavy atom. The topological polar surface area (TPSA) is 51.0 Å². The number of aromatic nitrogens is 2. The Labute approximate surface area is 88.3 Å². The predicted molar refractivity (Wildman–Crippen MR) is 57.4 cm³/mol. The molecule has 2 aromatic rings. The van der Waals surface area contributed by atoms with Crippen molar-refractivity contribution in [3.8, 4) is 0 Å². The van der Waals surface area contributed by atoms with Crippen molar-refractivity contribution < 1.29 is 4.42 Å². The third-order valence-electron chi connectivity index (χ3n) is 2.03. The summed E-state index contributed by atoms with van der Waals surface area (Å²) in [5, 5.41) is 11.0. The van der Waals surface area contributed by atoms with Gasteiger partial charge in [0.1, 0.15) is 0 Å². The molecule has 4 nitrogen and oxygen atoms in total. The highest BCUT2D eigenvalue weighted by Gasteiger charge is 2.02. The van der Waals surface area contributed by atoms with Gasteiger partial charge < -0.3 is 9.73 Å². The van der Waals surface area contributed by atoms with Crippen LogP contribution in [-0.4, -0.2) is 10.2 Å². The second kappa shape index (κ2) is 4.59. The van der Waals surface area contributed by atoms with E-state index < -0.39 is 0 Å². The first-order valence-electron chi connectivity index (χ1n) is 4.98. The molecule has 1 aromatic heterocycles. The fourth-order valence-corrected chi connectivity index (χ4v) is 1.24. The normalized spacial score (nSPS) is 10.2. The first-order valence-corrected chi connectivity index (χ1v) is 4.98. The van der Waals surface area contributed by atoms with E-state index in [1.807, 2.05) is 37.3 Å². The van der Waals surface area contributed by atoms with E-state index in [0.29, 0.717) is 18.3 Å². The minimum atomic E-state index is 0.566. The molecule has 2 rings (SSSR count). The zero-order valence-electron chi connectivity index (χ0n) is 8.60. The third kappa shape index (κ3) is 2.56. The Hall–Kier alpha value is -1.84. The highest BCUT2D eigenvalue weighted by Crippen LogP contribution is 2.07. The fraction of sp³-hybridized carbons (Fsp3) is 0.273. The van der Waals surface area contributed by atoms with Crippen LogP contribution in [0.4, 0.5) is 5.69 Å². The molecular formula is C11H13N3O. The lowest BCUT2D eigenvalue weighted by molar-refractivity contribution is 0.460. The molecule has 0 spiro atoms. The predicted octanol–water partition coefficient (Wildman–Crippen LogP) is 2.24. The number of hydrogen-bond acceptors (Lipinski definition) is 4. The van der Waals surface area contributed by atoms with E-state index in [2.05, 4.69) is 15.5 Å². The summed E-state index contributed by atoms with van der Waals surface area (Å²) in [7, 11) is 0. The average molecular weight is 203 g/mol. The van der Waals surface area contributed by atoms with Crippen LogP contribution in [0.1, 0.15) is 18.7 Å². The summed E-state index contributed by atoms with van der Waals surface area (Å²) in [6.45, 7) is 2.55. The molecule has 0 aliphatic carbocycles. The molecule has 0 aliphatic rings. The maximum Gasteiger partial charge on any atom is 0.235 e. The van der Waals surface area contributed by atoms with Gasteiger partial charge in [-0.1, -0.05) is 25.1 Å². The molecule has 4 heteroatoms. The van der Waals surface area contributed by atoms with Crippen LogP contribution < -0.4 is 5.32 Å². The van der Waals surface area contributed by atoms with Crippen LogP contribution in [0, 0.1) is 0 Å². The maximum absolute atomic E-state index is 5.37. The molecule has 1 aromatic carbocycles. The second-order valence-electron chi connectivity index (χ2n) is 3.16. The van der Waals surface area contributed by atoms with Crippen LogP contribution in [0.2, 0.25) is 0 Å². The number of aryl methyl sites for hydroxylation is 1. The van der Waals surface area contributed by atoms with Crippen molar-refractivity contribution in [2.45, 2.75) is 19.9 Å². The van der Waals surface area contributed by atoms with Gasteiger partial charge in [-0.2, -0.15) is 0 Å². The SMILES string of the molecule is CCc1nnc(CNc2ccccc2)o1. The Balaban J connectivity index is 1.93. The van der Waals surface area contributed by atoms with Crippen LogP contribution in [0.5, 0.6) is 0 Å². The molecule has 0 radical (unpaired) electrons. The van der Waals surface area contributed by atoms with Crippen LogP contribution in [0.15, 0.2) is 34.7 Å². The first kappa shape index (κ1) is 9.71. The van der Waals surface area contributed by atoms with E-state index in [1.165, 1.54) is 0 Å². The Morgan fingerprint density at radius 2 is 1.87 bits per heavy atom. The van der Waals surface area contributed by atoms with Crippen molar-refractivity contribution in [3.63, 3.8) is 0 Å². The zero-order valence-corrected chi connectivity index (χ0v) is 8.60. The molecule has 1 heterocycles. The molecule has 15 heavy (non-hydrogen) atoms. The number of benzene rings is 1. The zero-order chi connectivity index (χ0) is 10.5. The van der Waals surface area contributed by atoms with Gasteiger partial charge in [-0.3, -0.25) is 0 Å². The molecular weight excluding hydrogens is 190 g/mol. The lowest BCUT2D eigenvalue weighted by Crippen LogP contribution is -1.99. The van der Waals surface area contributed by atoms with Gasteiger partial charge in [0.25, 0.3) is 0 Å². The highest BCUT2D eigenvalue weighted by molar-refractivity contribution is 5.42. The number of rotatable bonds is 4. The van der Waals surface area contributed by atoms with Crippen LogP contribution in [-0.2, 0) is 13.0 Å². The van der Waals surface area contributed by atoms with Gasteiger partial charge in [-0.15, -0.1) is 10.2 Å². The minimum Gasteiger partial charge on any atom is -0.423 e. The molecule has 0 saturated carbocycles. The third-order valence-corrected chi connectivity index (χ3v) is 2.03. The number of anilines is 1. The standard InChI is InChI=1S/C11H13N3O/c1-2-10-13-14-11(15-10)8-12-9-6-4-3-5-7-9/h3-7,12H,2,8H2,1H3. The summed E-state index contributed by atoms with van der Waals surface area (Å²) < 4.78 is 5.37. The van der Waals surface area contributed by atoms with Crippen molar-refractivity contribution in [2.75, 3.05) is 5.32 Å². The van der Waals surface area contributed by atoms with Crippen molar-refractivity contribution >= 4 is 5.69 Å². The molecule has 0 fully saturated rings. The maximum atomic E-state index is 5.37. The van der Waals surface area contributed by atoms with Gasteiger partial charge in [0.05, 0.1) is 6.54 Å². The first-order chi connectivity index (χ1) is 7.38. The van der Waals surface area contributed by atoms with Crippen molar-refractivity contribution in [1.29, 1.82) is 0 Å². The lowest BCUT2D eigenvalue weighted by atomic mass is 10.3. The summed E-state index contributed by atoms with van der Waals surface area (Å²) in [6, 6.07) is 9.93. The fourth-order valence-electron chi connectivity index (χ4n) is 1.24. The smallest absolute Gasteiger partial charge is 0.235 e. The molecule has 0 atom stereocenters. The molecule has 0 aliphatic heterocycles. The highest BCUT2D eigenvalue weighted by atomic mass is 16.4. The van der Waals surface area contributed by atoms with E-state index >= 15 is 0 Å². The lowest BCUT2D eigenvalue weighted by Gasteiger charge is -2.01. The number of nitrogens with one attached hydrogen (secondary N) is 1. The van der Waals surface area contributed by atoms with Crippen molar-refractivity contribution in [3.05, 3.63) is 42.1 Å². The molecule has 78 valence electrons. The largest absolute Gasteiger partial charge is 0.423 e. The quantitative estimate of drug-likeness (QED) is 0.828. The van der Waals surface area contributed by atoms with Crippen molar-refractivity contribution in [2.24, 2.45) is 0 Å². The van der Waals surface area contributed by atoms with Gasteiger partial charge >= 0.3 is 0 Å². The number of hydrogen-bond donors (Lipinski definition) is 1. The molecule has 0 unspecified atom stereocenters.